The number of hydrogen-bond donors (Lipinski definition) is 0. The number of pyridine rings is 1. The van der Waals surface area contributed by atoms with Crippen LogP contribution in [-0.4, -0.2) is 11.1 Å². The van der Waals surface area contributed by atoms with E-state index in [-0.39, 0.29) is 6.10 Å². The molecule has 0 N–H and O–H groups in total. The Morgan fingerprint density at radius 2 is 1.85 bits per heavy atom. The number of hydrogen-bond acceptors (Lipinski definition) is 2. The van der Waals surface area contributed by atoms with Gasteiger partial charge in [-0.3, -0.25) is 0 Å². The van der Waals surface area contributed by atoms with Crippen molar-refractivity contribution >= 4 is 0 Å². The van der Waals surface area contributed by atoms with E-state index in [9.17, 15) is 8.78 Å². The lowest BCUT2D eigenvalue weighted by atomic mass is 10.1. The molecule has 1 aromatic heterocycles. The molecule has 0 spiro atoms. The molecule has 20 heavy (non-hydrogen) atoms. The molecule has 1 aliphatic rings. The Bertz CT molecular complexity index is 589. The first kappa shape index (κ1) is 13.0. The van der Waals surface area contributed by atoms with E-state index in [1.165, 1.54) is 12.1 Å². The third kappa shape index (κ3) is 2.79. The summed E-state index contributed by atoms with van der Waals surface area (Å²) in [5.74, 6) is -1.02. The van der Waals surface area contributed by atoms with Gasteiger partial charge in [-0.05, 0) is 55.5 Å². The summed E-state index contributed by atoms with van der Waals surface area (Å²) in [4.78, 5) is 4.20. The fourth-order valence-electron chi connectivity index (χ4n) is 2.52. The monoisotopic (exact) mass is 274 g/mol. The van der Waals surface area contributed by atoms with Crippen LogP contribution in [0.15, 0.2) is 30.5 Å². The highest BCUT2D eigenvalue weighted by Gasteiger charge is 2.19. The van der Waals surface area contributed by atoms with Crippen LogP contribution < -0.4 is 4.74 Å². The third-order valence-electron chi connectivity index (χ3n) is 3.47. The quantitative estimate of drug-likeness (QED) is 0.839. The first-order valence-electron chi connectivity index (χ1n) is 6.73. The van der Waals surface area contributed by atoms with Gasteiger partial charge < -0.3 is 4.74 Å². The van der Waals surface area contributed by atoms with Gasteiger partial charge in [0.05, 0.1) is 6.07 Å². The van der Waals surface area contributed by atoms with Gasteiger partial charge in [-0.15, -0.1) is 0 Å². The van der Waals surface area contributed by atoms with E-state index in [0.29, 0.717) is 17.0 Å². The molecule has 1 aromatic carbocycles. The summed E-state index contributed by atoms with van der Waals surface area (Å²) in [6.07, 6.45) is 6.07. The maximum Gasteiger partial charge on any atom is 0.221 e. The number of halogens is 2. The van der Waals surface area contributed by atoms with E-state index in [1.807, 2.05) is 6.07 Å². The average Bonchev–Trinajstić information content (AvgIpc) is 2.91. The van der Waals surface area contributed by atoms with Crippen LogP contribution in [0.2, 0.25) is 0 Å². The van der Waals surface area contributed by atoms with Crippen LogP contribution in [0.25, 0.3) is 11.1 Å². The standard InChI is InChI=1S/C16H14F2NO/c17-12-8-11(9-13(18)10-12)15-6-3-7-19-16(15)20-14-4-1-2-5-14/h3,6-9,14H,1-2,4-5H2. The van der Waals surface area contributed by atoms with Crippen molar-refractivity contribution in [3.8, 4) is 17.0 Å². The summed E-state index contributed by atoms with van der Waals surface area (Å²) in [5.41, 5.74) is 1.02. The average molecular weight is 274 g/mol. The van der Waals surface area contributed by atoms with Gasteiger partial charge in [0.1, 0.15) is 17.7 Å². The molecule has 1 aliphatic carbocycles. The van der Waals surface area contributed by atoms with Crippen LogP contribution in [0, 0.1) is 17.7 Å². The summed E-state index contributed by atoms with van der Waals surface area (Å²) in [6.45, 7) is 0. The zero-order valence-electron chi connectivity index (χ0n) is 10.9. The Kier molecular flexibility index (Phi) is 3.63. The molecule has 0 unspecified atom stereocenters. The van der Waals surface area contributed by atoms with E-state index >= 15 is 0 Å². The lowest BCUT2D eigenvalue weighted by Crippen LogP contribution is -2.12. The van der Waals surface area contributed by atoms with Crippen LogP contribution in [-0.2, 0) is 0 Å². The number of nitrogens with zero attached hydrogens (tertiary/aromatic N) is 1. The van der Waals surface area contributed by atoms with E-state index in [4.69, 9.17) is 4.74 Å². The van der Waals surface area contributed by atoms with Crippen LogP contribution in [0.3, 0.4) is 0 Å². The van der Waals surface area contributed by atoms with Crippen molar-refractivity contribution in [2.45, 2.75) is 31.8 Å². The Morgan fingerprint density at radius 3 is 2.55 bits per heavy atom. The largest absolute Gasteiger partial charge is 0.474 e. The van der Waals surface area contributed by atoms with Crippen LogP contribution in [0.1, 0.15) is 25.7 Å². The van der Waals surface area contributed by atoms with Gasteiger partial charge in [0.2, 0.25) is 5.88 Å². The summed E-state index contributed by atoms with van der Waals surface area (Å²) in [7, 11) is 0. The smallest absolute Gasteiger partial charge is 0.221 e. The SMILES string of the molecule is Fc1[c]c(F)cc(-c2cccnc2OC2CCCC2)c1. The molecule has 4 heteroatoms. The van der Waals surface area contributed by atoms with Crippen molar-refractivity contribution in [3.63, 3.8) is 0 Å². The minimum Gasteiger partial charge on any atom is -0.474 e. The summed E-state index contributed by atoms with van der Waals surface area (Å²) >= 11 is 0. The molecule has 1 saturated carbocycles. The fourth-order valence-corrected chi connectivity index (χ4v) is 2.52. The normalized spacial score (nSPS) is 15.5. The Balaban J connectivity index is 1.95. The van der Waals surface area contributed by atoms with E-state index in [2.05, 4.69) is 4.98 Å². The molecule has 1 heterocycles. The number of ether oxygens (including phenoxy) is 1. The number of benzene rings is 1. The highest BCUT2D eigenvalue weighted by Crippen LogP contribution is 2.32. The minimum absolute atomic E-state index is 0.147. The fraction of sp³-hybridized carbons (Fsp3) is 0.312. The van der Waals surface area contributed by atoms with E-state index in [0.717, 1.165) is 25.7 Å². The first-order valence-corrected chi connectivity index (χ1v) is 6.73. The van der Waals surface area contributed by atoms with Gasteiger partial charge in [0.15, 0.2) is 0 Å². The number of aromatic nitrogens is 1. The highest BCUT2D eigenvalue weighted by molar-refractivity contribution is 5.68. The zero-order valence-corrected chi connectivity index (χ0v) is 10.9. The molecular weight excluding hydrogens is 260 g/mol. The molecule has 0 saturated heterocycles. The van der Waals surface area contributed by atoms with Crippen molar-refractivity contribution in [2.24, 2.45) is 0 Å². The molecule has 103 valence electrons. The third-order valence-corrected chi connectivity index (χ3v) is 3.47. The Labute approximate surface area is 116 Å². The Morgan fingerprint density at radius 1 is 1.15 bits per heavy atom. The van der Waals surface area contributed by atoms with Gasteiger partial charge in [-0.1, -0.05) is 0 Å². The maximum atomic E-state index is 13.3. The van der Waals surface area contributed by atoms with Crippen molar-refractivity contribution in [1.82, 2.24) is 4.98 Å². The molecule has 1 fully saturated rings. The second-order valence-electron chi connectivity index (χ2n) is 4.95. The lowest BCUT2D eigenvalue weighted by molar-refractivity contribution is 0.202. The summed E-state index contributed by atoms with van der Waals surface area (Å²) in [6, 6.07) is 7.93. The second kappa shape index (κ2) is 5.57. The highest BCUT2D eigenvalue weighted by atomic mass is 19.1. The molecule has 2 aromatic rings. The predicted octanol–water partition coefficient (Wildman–Crippen LogP) is 4.15. The molecule has 0 bridgehead atoms. The van der Waals surface area contributed by atoms with Gasteiger partial charge in [-0.2, -0.15) is 0 Å². The molecule has 0 aliphatic heterocycles. The van der Waals surface area contributed by atoms with Gasteiger partial charge in [0, 0.05) is 11.8 Å². The van der Waals surface area contributed by atoms with Gasteiger partial charge in [-0.25, -0.2) is 13.8 Å². The van der Waals surface area contributed by atoms with Crippen molar-refractivity contribution in [3.05, 3.63) is 48.2 Å². The van der Waals surface area contributed by atoms with Crippen molar-refractivity contribution < 1.29 is 13.5 Å². The minimum atomic E-state index is -0.726. The van der Waals surface area contributed by atoms with Crippen molar-refractivity contribution in [2.75, 3.05) is 0 Å². The Hall–Kier alpha value is -1.97. The molecule has 0 atom stereocenters. The molecule has 3 rings (SSSR count). The summed E-state index contributed by atoms with van der Waals surface area (Å²) in [5, 5.41) is 0. The van der Waals surface area contributed by atoms with Crippen molar-refractivity contribution in [1.29, 1.82) is 0 Å². The second-order valence-corrected chi connectivity index (χ2v) is 4.95. The van der Waals surface area contributed by atoms with Gasteiger partial charge >= 0.3 is 0 Å². The number of rotatable bonds is 3. The maximum absolute atomic E-state index is 13.3. The molecule has 0 amide bonds. The topological polar surface area (TPSA) is 22.1 Å². The molecule has 2 nitrogen and oxygen atoms in total. The first-order chi connectivity index (χ1) is 9.72. The van der Waals surface area contributed by atoms with Crippen LogP contribution in [0.5, 0.6) is 5.88 Å². The van der Waals surface area contributed by atoms with E-state index in [1.54, 1.807) is 18.3 Å². The van der Waals surface area contributed by atoms with Gasteiger partial charge in [0.25, 0.3) is 0 Å². The molecule has 1 radical (unpaired) electrons. The van der Waals surface area contributed by atoms with Crippen LogP contribution >= 0.6 is 0 Å². The predicted molar refractivity (Wildman–Crippen MR) is 71.3 cm³/mol. The lowest BCUT2D eigenvalue weighted by Gasteiger charge is -2.15. The van der Waals surface area contributed by atoms with E-state index < -0.39 is 11.6 Å². The molecular formula is C16H14F2NO. The zero-order chi connectivity index (χ0) is 13.9. The summed E-state index contributed by atoms with van der Waals surface area (Å²) < 4.78 is 32.5. The van der Waals surface area contributed by atoms with Crippen LogP contribution in [0.4, 0.5) is 8.78 Å².